The van der Waals surface area contributed by atoms with Crippen molar-refractivity contribution < 1.29 is 4.74 Å². The first-order valence-electron chi connectivity index (χ1n) is 8.57. The SMILES string of the molecule is CN=C(NCc1ccccc1COc1ccccc1)N1CCCC1. The van der Waals surface area contributed by atoms with Crippen LogP contribution in [0.1, 0.15) is 24.0 Å². The minimum absolute atomic E-state index is 0.574. The van der Waals surface area contributed by atoms with Gasteiger partial charge >= 0.3 is 0 Å². The minimum atomic E-state index is 0.574. The molecule has 24 heavy (non-hydrogen) atoms. The predicted octanol–water partition coefficient (Wildman–Crippen LogP) is 3.44. The molecule has 1 aliphatic heterocycles. The standard InChI is InChI=1S/C20H25N3O/c1-21-20(23-13-7-8-14-23)22-15-17-9-5-6-10-18(17)16-24-19-11-3-2-4-12-19/h2-6,9-12H,7-8,13-16H2,1H3,(H,21,22). The molecule has 4 nitrogen and oxygen atoms in total. The highest BCUT2D eigenvalue weighted by molar-refractivity contribution is 5.80. The zero-order chi connectivity index (χ0) is 16.6. The number of para-hydroxylation sites is 1. The van der Waals surface area contributed by atoms with Gasteiger partial charge in [-0.3, -0.25) is 4.99 Å². The first kappa shape index (κ1) is 16.4. The molecular formula is C20H25N3O. The second-order valence-corrected chi connectivity index (χ2v) is 5.97. The zero-order valence-corrected chi connectivity index (χ0v) is 14.2. The van der Waals surface area contributed by atoms with Crippen LogP contribution in [0.4, 0.5) is 0 Å². The molecule has 0 saturated carbocycles. The van der Waals surface area contributed by atoms with Crippen LogP contribution >= 0.6 is 0 Å². The third-order valence-corrected chi connectivity index (χ3v) is 4.31. The third kappa shape index (κ3) is 4.28. The molecule has 2 aromatic rings. The fraction of sp³-hybridized carbons (Fsp3) is 0.350. The largest absolute Gasteiger partial charge is 0.489 e. The van der Waals surface area contributed by atoms with Gasteiger partial charge in [-0.2, -0.15) is 0 Å². The van der Waals surface area contributed by atoms with Crippen molar-refractivity contribution in [2.45, 2.75) is 26.0 Å². The van der Waals surface area contributed by atoms with E-state index in [1.54, 1.807) is 0 Å². The molecule has 4 heteroatoms. The van der Waals surface area contributed by atoms with Crippen molar-refractivity contribution in [2.75, 3.05) is 20.1 Å². The van der Waals surface area contributed by atoms with Crippen molar-refractivity contribution in [2.24, 2.45) is 4.99 Å². The molecular weight excluding hydrogens is 298 g/mol. The van der Waals surface area contributed by atoms with E-state index >= 15 is 0 Å². The lowest BCUT2D eigenvalue weighted by Crippen LogP contribution is -2.39. The minimum Gasteiger partial charge on any atom is -0.489 e. The number of aliphatic imine (C=N–C) groups is 1. The zero-order valence-electron chi connectivity index (χ0n) is 14.2. The molecule has 1 saturated heterocycles. The van der Waals surface area contributed by atoms with E-state index in [4.69, 9.17) is 4.74 Å². The molecule has 3 rings (SSSR count). The van der Waals surface area contributed by atoms with Crippen LogP contribution in [0.2, 0.25) is 0 Å². The molecule has 0 amide bonds. The van der Waals surface area contributed by atoms with E-state index in [1.807, 2.05) is 37.4 Å². The van der Waals surface area contributed by atoms with Crippen molar-refractivity contribution in [3.05, 3.63) is 65.7 Å². The highest BCUT2D eigenvalue weighted by Gasteiger charge is 2.15. The fourth-order valence-corrected chi connectivity index (χ4v) is 2.98. The van der Waals surface area contributed by atoms with Gasteiger partial charge in [0.1, 0.15) is 12.4 Å². The number of nitrogens with zero attached hydrogens (tertiary/aromatic N) is 2. The van der Waals surface area contributed by atoms with E-state index in [-0.39, 0.29) is 0 Å². The summed E-state index contributed by atoms with van der Waals surface area (Å²) in [7, 11) is 1.85. The normalized spacial score (nSPS) is 14.7. The lowest BCUT2D eigenvalue weighted by molar-refractivity contribution is 0.305. The molecule has 0 bridgehead atoms. The smallest absolute Gasteiger partial charge is 0.193 e. The Hall–Kier alpha value is -2.49. The molecule has 0 atom stereocenters. The number of likely N-dealkylation sites (tertiary alicyclic amines) is 1. The van der Waals surface area contributed by atoms with Crippen molar-refractivity contribution in [3.8, 4) is 5.75 Å². The Morgan fingerprint density at radius 1 is 1.00 bits per heavy atom. The van der Waals surface area contributed by atoms with Crippen LogP contribution in [0.25, 0.3) is 0 Å². The Labute approximate surface area is 144 Å². The van der Waals surface area contributed by atoms with Gasteiger partial charge in [0.25, 0.3) is 0 Å². The van der Waals surface area contributed by atoms with Gasteiger partial charge in [0.15, 0.2) is 5.96 Å². The van der Waals surface area contributed by atoms with Gasteiger partial charge in [0, 0.05) is 26.7 Å². The number of benzene rings is 2. The highest BCUT2D eigenvalue weighted by Crippen LogP contribution is 2.15. The molecule has 126 valence electrons. The molecule has 1 fully saturated rings. The van der Waals surface area contributed by atoms with E-state index in [0.717, 1.165) is 31.3 Å². The fourth-order valence-electron chi connectivity index (χ4n) is 2.98. The predicted molar refractivity (Wildman–Crippen MR) is 98.2 cm³/mol. The van der Waals surface area contributed by atoms with Crippen LogP contribution < -0.4 is 10.1 Å². The summed E-state index contributed by atoms with van der Waals surface area (Å²) in [5, 5.41) is 3.49. The molecule has 0 aliphatic carbocycles. The lowest BCUT2D eigenvalue weighted by Gasteiger charge is -2.21. The molecule has 0 spiro atoms. The van der Waals surface area contributed by atoms with Crippen LogP contribution in [0.15, 0.2) is 59.6 Å². The summed E-state index contributed by atoms with van der Waals surface area (Å²) in [5.74, 6) is 1.89. The maximum absolute atomic E-state index is 5.90. The average Bonchev–Trinajstić information content (AvgIpc) is 3.17. The highest BCUT2D eigenvalue weighted by atomic mass is 16.5. The quantitative estimate of drug-likeness (QED) is 0.676. The average molecular weight is 323 g/mol. The number of nitrogens with one attached hydrogen (secondary N) is 1. The maximum atomic E-state index is 5.90. The first-order valence-corrected chi connectivity index (χ1v) is 8.57. The van der Waals surface area contributed by atoms with E-state index < -0.39 is 0 Å². The number of ether oxygens (including phenoxy) is 1. The summed E-state index contributed by atoms with van der Waals surface area (Å²) < 4.78 is 5.90. The summed E-state index contributed by atoms with van der Waals surface area (Å²) >= 11 is 0. The van der Waals surface area contributed by atoms with Crippen molar-refractivity contribution >= 4 is 5.96 Å². The Morgan fingerprint density at radius 2 is 1.67 bits per heavy atom. The number of hydrogen-bond acceptors (Lipinski definition) is 2. The van der Waals surface area contributed by atoms with Gasteiger partial charge < -0.3 is 15.0 Å². The van der Waals surface area contributed by atoms with Gasteiger partial charge in [0.2, 0.25) is 0 Å². The van der Waals surface area contributed by atoms with Gasteiger partial charge in [-0.25, -0.2) is 0 Å². The van der Waals surface area contributed by atoms with E-state index in [0.29, 0.717) is 6.61 Å². The first-order chi connectivity index (χ1) is 11.9. The Kier molecular flexibility index (Phi) is 5.72. The van der Waals surface area contributed by atoms with Crippen LogP contribution in [0.5, 0.6) is 5.75 Å². The maximum Gasteiger partial charge on any atom is 0.193 e. The molecule has 1 N–H and O–H groups in total. The number of guanidine groups is 1. The molecule has 0 radical (unpaired) electrons. The van der Waals surface area contributed by atoms with Crippen LogP contribution in [-0.2, 0) is 13.2 Å². The van der Waals surface area contributed by atoms with Gasteiger partial charge in [-0.05, 0) is 36.1 Å². The lowest BCUT2D eigenvalue weighted by atomic mass is 10.1. The summed E-state index contributed by atoms with van der Waals surface area (Å²) in [6.07, 6.45) is 2.50. The van der Waals surface area contributed by atoms with E-state index in [9.17, 15) is 0 Å². The summed E-state index contributed by atoms with van der Waals surface area (Å²) in [6.45, 7) is 3.53. The van der Waals surface area contributed by atoms with Gasteiger partial charge in [-0.1, -0.05) is 42.5 Å². The van der Waals surface area contributed by atoms with Crippen molar-refractivity contribution in [1.82, 2.24) is 10.2 Å². The van der Waals surface area contributed by atoms with Crippen molar-refractivity contribution in [1.29, 1.82) is 0 Å². The topological polar surface area (TPSA) is 36.9 Å². The Balaban J connectivity index is 1.61. The molecule has 2 aromatic carbocycles. The Morgan fingerprint density at radius 3 is 2.38 bits per heavy atom. The molecule has 0 unspecified atom stereocenters. The van der Waals surface area contributed by atoms with Gasteiger partial charge in [0.05, 0.1) is 0 Å². The van der Waals surface area contributed by atoms with Crippen LogP contribution in [-0.4, -0.2) is 31.0 Å². The summed E-state index contributed by atoms with van der Waals surface area (Å²) in [6, 6.07) is 18.3. The number of rotatable bonds is 5. The van der Waals surface area contributed by atoms with E-state index in [2.05, 4.69) is 39.5 Å². The molecule has 1 aliphatic rings. The molecule has 0 aromatic heterocycles. The second-order valence-electron chi connectivity index (χ2n) is 5.97. The van der Waals surface area contributed by atoms with E-state index in [1.165, 1.54) is 24.0 Å². The van der Waals surface area contributed by atoms with Crippen molar-refractivity contribution in [3.63, 3.8) is 0 Å². The number of hydrogen-bond donors (Lipinski definition) is 1. The molecule has 1 heterocycles. The van der Waals surface area contributed by atoms with Gasteiger partial charge in [-0.15, -0.1) is 0 Å². The Bertz CT molecular complexity index is 664. The monoisotopic (exact) mass is 323 g/mol. The van der Waals surface area contributed by atoms with Crippen LogP contribution in [0, 0.1) is 0 Å². The second kappa shape index (κ2) is 8.39. The van der Waals surface area contributed by atoms with Crippen LogP contribution in [0.3, 0.4) is 0 Å². The summed E-state index contributed by atoms with van der Waals surface area (Å²) in [4.78, 5) is 6.73. The third-order valence-electron chi connectivity index (χ3n) is 4.31. The summed E-state index contributed by atoms with van der Waals surface area (Å²) in [5.41, 5.74) is 2.44.